The largest absolute Gasteiger partial charge is 0.343 e. The summed E-state index contributed by atoms with van der Waals surface area (Å²) in [6.07, 6.45) is 5.26. The molecular formula is C15H32N2O. The van der Waals surface area contributed by atoms with Crippen LogP contribution < -0.4 is 0 Å². The van der Waals surface area contributed by atoms with Gasteiger partial charge in [0.05, 0.1) is 0 Å². The molecule has 0 aromatic carbocycles. The summed E-state index contributed by atoms with van der Waals surface area (Å²) in [7, 11) is 4.19. The minimum absolute atomic E-state index is 0.336. The van der Waals surface area contributed by atoms with Crippen LogP contribution in [0.5, 0.6) is 0 Å². The predicted molar refractivity (Wildman–Crippen MR) is 78.7 cm³/mol. The number of carbonyl (C=O) groups is 1. The predicted octanol–water partition coefficient (Wildman–Crippen LogP) is 3.00. The van der Waals surface area contributed by atoms with Gasteiger partial charge in [-0.05, 0) is 45.8 Å². The van der Waals surface area contributed by atoms with Crippen molar-refractivity contribution in [3.05, 3.63) is 0 Å². The number of amides is 1. The Labute approximate surface area is 114 Å². The molecular weight excluding hydrogens is 224 g/mol. The van der Waals surface area contributed by atoms with Crippen molar-refractivity contribution in [2.45, 2.75) is 52.9 Å². The molecule has 0 unspecified atom stereocenters. The second kappa shape index (κ2) is 10.4. The first-order valence-electron chi connectivity index (χ1n) is 7.39. The van der Waals surface area contributed by atoms with Crippen LogP contribution >= 0.6 is 0 Å². The Morgan fingerprint density at radius 2 is 1.56 bits per heavy atom. The summed E-state index contributed by atoms with van der Waals surface area (Å²) in [5, 5.41) is 0. The molecule has 3 heteroatoms. The van der Waals surface area contributed by atoms with E-state index in [1.165, 1.54) is 6.42 Å². The Kier molecular flexibility index (Phi) is 10.0. The zero-order valence-corrected chi connectivity index (χ0v) is 13.0. The van der Waals surface area contributed by atoms with Crippen molar-refractivity contribution in [3.8, 4) is 0 Å². The molecule has 0 rings (SSSR count). The van der Waals surface area contributed by atoms with Gasteiger partial charge in [0.2, 0.25) is 5.91 Å². The summed E-state index contributed by atoms with van der Waals surface area (Å²) in [5.74, 6) is 0.798. The molecule has 3 nitrogen and oxygen atoms in total. The van der Waals surface area contributed by atoms with Crippen LogP contribution in [0.3, 0.4) is 0 Å². The SMILES string of the molecule is CCCCN(CCCCN(C)C)C(=O)CC(C)C. The van der Waals surface area contributed by atoms with Crippen molar-refractivity contribution in [3.63, 3.8) is 0 Å². The van der Waals surface area contributed by atoms with Crippen LogP contribution in [0.2, 0.25) is 0 Å². The average molecular weight is 256 g/mol. The summed E-state index contributed by atoms with van der Waals surface area (Å²) in [5.41, 5.74) is 0. The topological polar surface area (TPSA) is 23.6 Å². The van der Waals surface area contributed by atoms with Crippen molar-refractivity contribution in [1.29, 1.82) is 0 Å². The maximum absolute atomic E-state index is 12.1. The van der Waals surface area contributed by atoms with Crippen LogP contribution in [-0.4, -0.2) is 49.4 Å². The van der Waals surface area contributed by atoms with Crippen molar-refractivity contribution in [2.75, 3.05) is 33.7 Å². The molecule has 0 N–H and O–H groups in total. The van der Waals surface area contributed by atoms with Crippen LogP contribution in [0.25, 0.3) is 0 Å². The second-order valence-electron chi connectivity index (χ2n) is 5.84. The molecule has 0 aliphatic carbocycles. The molecule has 0 aliphatic heterocycles. The summed E-state index contributed by atoms with van der Waals surface area (Å²) >= 11 is 0. The molecule has 0 fully saturated rings. The van der Waals surface area contributed by atoms with E-state index < -0.39 is 0 Å². The standard InChI is InChI=1S/C15H32N2O/c1-6-7-11-17(15(18)13-14(2)3)12-9-8-10-16(4)5/h14H,6-13H2,1-5H3. The number of rotatable bonds is 10. The Morgan fingerprint density at radius 1 is 1.00 bits per heavy atom. The van der Waals surface area contributed by atoms with Gasteiger partial charge >= 0.3 is 0 Å². The van der Waals surface area contributed by atoms with E-state index >= 15 is 0 Å². The molecule has 0 atom stereocenters. The number of hydrogen-bond donors (Lipinski definition) is 0. The van der Waals surface area contributed by atoms with E-state index in [2.05, 4.69) is 44.7 Å². The molecule has 1 amide bonds. The Hall–Kier alpha value is -0.570. The average Bonchev–Trinajstić information content (AvgIpc) is 2.26. The van der Waals surface area contributed by atoms with Crippen molar-refractivity contribution in [1.82, 2.24) is 9.80 Å². The minimum atomic E-state index is 0.336. The zero-order chi connectivity index (χ0) is 14.0. The van der Waals surface area contributed by atoms with Crippen molar-refractivity contribution < 1.29 is 4.79 Å². The van der Waals surface area contributed by atoms with Gasteiger partial charge in [-0.2, -0.15) is 0 Å². The summed E-state index contributed by atoms with van der Waals surface area (Å²) < 4.78 is 0. The molecule has 0 saturated heterocycles. The first-order chi connectivity index (χ1) is 8.47. The van der Waals surface area contributed by atoms with E-state index in [1.54, 1.807) is 0 Å². The monoisotopic (exact) mass is 256 g/mol. The van der Waals surface area contributed by atoms with Gasteiger partial charge in [-0.1, -0.05) is 27.2 Å². The molecule has 0 heterocycles. The van der Waals surface area contributed by atoms with Gasteiger partial charge in [0.1, 0.15) is 0 Å². The van der Waals surface area contributed by atoms with E-state index in [9.17, 15) is 4.79 Å². The van der Waals surface area contributed by atoms with Gasteiger partial charge in [0, 0.05) is 19.5 Å². The third kappa shape index (κ3) is 9.46. The van der Waals surface area contributed by atoms with E-state index in [-0.39, 0.29) is 0 Å². The second-order valence-corrected chi connectivity index (χ2v) is 5.84. The van der Waals surface area contributed by atoms with Gasteiger partial charge < -0.3 is 9.80 Å². The van der Waals surface area contributed by atoms with Crippen molar-refractivity contribution in [2.24, 2.45) is 5.92 Å². The van der Waals surface area contributed by atoms with Crippen LogP contribution in [0.4, 0.5) is 0 Å². The lowest BCUT2D eigenvalue weighted by Crippen LogP contribution is -2.34. The lowest BCUT2D eigenvalue weighted by Gasteiger charge is -2.24. The van der Waals surface area contributed by atoms with Gasteiger partial charge in [0.15, 0.2) is 0 Å². The van der Waals surface area contributed by atoms with Crippen LogP contribution in [0, 0.1) is 5.92 Å². The Morgan fingerprint density at radius 3 is 2.06 bits per heavy atom. The molecule has 0 saturated carbocycles. The third-order valence-electron chi connectivity index (χ3n) is 3.00. The number of carbonyl (C=O) groups excluding carboxylic acids is 1. The highest BCUT2D eigenvalue weighted by Crippen LogP contribution is 2.07. The summed E-state index contributed by atoms with van der Waals surface area (Å²) in [6, 6.07) is 0. The fraction of sp³-hybridized carbons (Fsp3) is 0.933. The highest BCUT2D eigenvalue weighted by Gasteiger charge is 2.13. The Bertz CT molecular complexity index is 215. The normalized spacial score (nSPS) is 11.3. The van der Waals surface area contributed by atoms with Crippen LogP contribution in [0.1, 0.15) is 52.9 Å². The number of hydrogen-bond acceptors (Lipinski definition) is 2. The molecule has 0 radical (unpaired) electrons. The van der Waals surface area contributed by atoms with Crippen LogP contribution in [-0.2, 0) is 4.79 Å². The minimum Gasteiger partial charge on any atom is -0.343 e. The first-order valence-corrected chi connectivity index (χ1v) is 7.39. The summed E-state index contributed by atoms with van der Waals surface area (Å²) in [4.78, 5) is 16.4. The quantitative estimate of drug-likeness (QED) is 0.561. The maximum Gasteiger partial charge on any atom is 0.222 e. The van der Waals surface area contributed by atoms with Gasteiger partial charge in [-0.3, -0.25) is 4.79 Å². The van der Waals surface area contributed by atoms with Gasteiger partial charge in [0.25, 0.3) is 0 Å². The highest BCUT2D eigenvalue weighted by atomic mass is 16.2. The maximum atomic E-state index is 12.1. The molecule has 108 valence electrons. The summed E-state index contributed by atoms with van der Waals surface area (Å²) in [6.45, 7) is 9.38. The molecule has 18 heavy (non-hydrogen) atoms. The lowest BCUT2D eigenvalue weighted by atomic mass is 10.1. The molecule has 0 spiro atoms. The van der Waals surface area contributed by atoms with Crippen molar-refractivity contribution >= 4 is 5.91 Å². The van der Waals surface area contributed by atoms with Gasteiger partial charge in [-0.15, -0.1) is 0 Å². The molecule has 0 bridgehead atoms. The molecule has 0 aromatic heterocycles. The first kappa shape index (κ1) is 17.4. The van der Waals surface area contributed by atoms with E-state index in [0.29, 0.717) is 18.2 Å². The molecule has 0 aromatic rings. The van der Waals surface area contributed by atoms with E-state index in [1.807, 2.05) is 0 Å². The molecule has 0 aliphatic rings. The lowest BCUT2D eigenvalue weighted by molar-refractivity contribution is -0.132. The Balaban J connectivity index is 4.01. The fourth-order valence-corrected chi connectivity index (χ4v) is 1.92. The number of unbranched alkanes of at least 4 members (excludes halogenated alkanes) is 2. The zero-order valence-electron chi connectivity index (χ0n) is 13.0. The van der Waals surface area contributed by atoms with E-state index in [0.717, 1.165) is 38.9 Å². The number of nitrogens with zero attached hydrogens (tertiary/aromatic N) is 2. The van der Waals surface area contributed by atoms with Gasteiger partial charge in [-0.25, -0.2) is 0 Å². The highest BCUT2D eigenvalue weighted by molar-refractivity contribution is 5.76. The van der Waals surface area contributed by atoms with E-state index in [4.69, 9.17) is 0 Å². The third-order valence-corrected chi connectivity index (χ3v) is 3.00. The smallest absolute Gasteiger partial charge is 0.222 e. The fourth-order valence-electron chi connectivity index (χ4n) is 1.92. The van der Waals surface area contributed by atoms with Crippen LogP contribution in [0.15, 0.2) is 0 Å².